The molecular formula is C24H28ClN7O5. The number of ether oxygens (including phenoxy) is 2. The summed E-state index contributed by atoms with van der Waals surface area (Å²) in [7, 11) is 0. The molecule has 1 fully saturated rings. The summed E-state index contributed by atoms with van der Waals surface area (Å²) in [6.45, 7) is 8.28. The molecule has 0 radical (unpaired) electrons. The van der Waals surface area contributed by atoms with Crippen molar-refractivity contribution in [2.45, 2.75) is 32.9 Å². The Bertz CT molecular complexity index is 1250. The highest BCUT2D eigenvalue weighted by Crippen LogP contribution is 2.33. The van der Waals surface area contributed by atoms with Crippen LogP contribution in [0.15, 0.2) is 42.5 Å². The number of amides is 1. The Kier molecular flexibility index (Phi) is 7.67. The molecule has 2 heterocycles. The van der Waals surface area contributed by atoms with Crippen molar-refractivity contribution >= 4 is 35.3 Å². The largest absolute Gasteiger partial charge is 0.450 e. The standard InChI is InChI=1S/C24H28ClN7O5/c1-24(2,3)37-23(33)31-12-10-30(11-13-31)22-27-21(28-29-22)26-15-16-4-7-18(8-5-16)36-20-9-6-17(25)14-19(20)32(34)35/h4-9,14H,10-13,15H2,1-3H3,(H2,26,27,28,29). The van der Waals surface area contributed by atoms with Gasteiger partial charge in [0.25, 0.3) is 0 Å². The molecule has 1 amide bonds. The average molecular weight is 530 g/mol. The first kappa shape index (κ1) is 26.0. The predicted molar refractivity (Wildman–Crippen MR) is 138 cm³/mol. The SMILES string of the molecule is CC(C)(C)OC(=O)N1CCN(c2n[nH]c(NCc3ccc(Oc4ccc(Cl)cc4[N+](=O)[O-])cc3)n2)CC1. The monoisotopic (exact) mass is 529 g/mol. The van der Waals surface area contributed by atoms with E-state index < -0.39 is 10.5 Å². The molecule has 13 heteroatoms. The van der Waals surface area contributed by atoms with E-state index in [2.05, 4.69) is 20.5 Å². The van der Waals surface area contributed by atoms with Crippen molar-refractivity contribution in [2.75, 3.05) is 36.4 Å². The number of aromatic nitrogens is 3. The fourth-order valence-electron chi connectivity index (χ4n) is 3.60. The number of carbonyl (C=O) groups is 1. The molecule has 2 N–H and O–H groups in total. The van der Waals surface area contributed by atoms with Crippen LogP contribution in [0.4, 0.5) is 22.4 Å². The van der Waals surface area contributed by atoms with Gasteiger partial charge in [0, 0.05) is 43.8 Å². The van der Waals surface area contributed by atoms with E-state index in [0.717, 1.165) is 5.56 Å². The maximum Gasteiger partial charge on any atom is 0.410 e. The molecule has 37 heavy (non-hydrogen) atoms. The topological polar surface area (TPSA) is 139 Å². The second kappa shape index (κ2) is 10.9. The maximum absolute atomic E-state index is 12.2. The minimum absolute atomic E-state index is 0.112. The Labute approximate surface area is 218 Å². The van der Waals surface area contributed by atoms with Gasteiger partial charge in [0.2, 0.25) is 17.6 Å². The number of H-pyrrole nitrogens is 1. The number of nitro groups is 1. The van der Waals surface area contributed by atoms with Crippen molar-refractivity contribution in [1.29, 1.82) is 0 Å². The summed E-state index contributed by atoms with van der Waals surface area (Å²) in [4.78, 5) is 31.1. The van der Waals surface area contributed by atoms with Gasteiger partial charge in [0.1, 0.15) is 11.4 Å². The van der Waals surface area contributed by atoms with E-state index in [4.69, 9.17) is 21.1 Å². The van der Waals surface area contributed by atoms with Crippen molar-refractivity contribution in [3.05, 3.63) is 63.2 Å². The highest BCUT2D eigenvalue weighted by molar-refractivity contribution is 6.30. The van der Waals surface area contributed by atoms with Gasteiger partial charge in [-0.15, -0.1) is 5.10 Å². The van der Waals surface area contributed by atoms with E-state index in [0.29, 0.717) is 50.4 Å². The van der Waals surface area contributed by atoms with Gasteiger partial charge < -0.3 is 24.6 Å². The van der Waals surface area contributed by atoms with Crippen LogP contribution in [0.1, 0.15) is 26.3 Å². The van der Waals surface area contributed by atoms with Crippen molar-refractivity contribution in [3.63, 3.8) is 0 Å². The van der Waals surface area contributed by atoms with Crippen LogP contribution in [0.25, 0.3) is 0 Å². The molecule has 0 bridgehead atoms. The highest BCUT2D eigenvalue weighted by Gasteiger charge is 2.27. The molecule has 3 aromatic rings. The zero-order valence-corrected chi connectivity index (χ0v) is 21.5. The molecule has 196 valence electrons. The Balaban J connectivity index is 1.28. The third-order valence-corrected chi connectivity index (χ3v) is 5.65. The predicted octanol–water partition coefficient (Wildman–Crippen LogP) is 4.83. The van der Waals surface area contributed by atoms with Crippen LogP contribution in [-0.4, -0.2) is 62.9 Å². The summed E-state index contributed by atoms with van der Waals surface area (Å²) in [6, 6.07) is 11.4. The number of hydrogen-bond donors (Lipinski definition) is 2. The number of hydrogen-bond acceptors (Lipinski definition) is 9. The smallest absolute Gasteiger partial charge is 0.410 e. The third-order valence-electron chi connectivity index (χ3n) is 5.42. The number of nitro benzene ring substituents is 1. The number of piperazine rings is 1. The molecule has 0 unspecified atom stereocenters. The molecule has 1 aliphatic heterocycles. The summed E-state index contributed by atoms with van der Waals surface area (Å²) in [5.74, 6) is 1.64. The Morgan fingerprint density at radius 1 is 1.16 bits per heavy atom. The molecule has 0 atom stereocenters. The Morgan fingerprint density at radius 2 is 1.86 bits per heavy atom. The van der Waals surface area contributed by atoms with E-state index >= 15 is 0 Å². The van der Waals surface area contributed by atoms with Crippen LogP contribution in [0.2, 0.25) is 5.02 Å². The van der Waals surface area contributed by atoms with E-state index in [1.165, 1.54) is 18.2 Å². The lowest BCUT2D eigenvalue weighted by Crippen LogP contribution is -2.50. The van der Waals surface area contributed by atoms with Crippen molar-refractivity contribution in [2.24, 2.45) is 0 Å². The lowest BCUT2D eigenvalue weighted by Gasteiger charge is -2.35. The molecule has 1 aromatic heterocycles. The van der Waals surface area contributed by atoms with E-state index in [1.54, 1.807) is 17.0 Å². The van der Waals surface area contributed by atoms with Gasteiger partial charge in [0.05, 0.1) is 4.92 Å². The van der Waals surface area contributed by atoms with E-state index in [9.17, 15) is 14.9 Å². The Morgan fingerprint density at radius 3 is 2.51 bits per heavy atom. The van der Waals surface area contributed by atoms with Gasteiger partial charge in [-0.3, -0.25) is 10.1 Å². The molecule has 1 saturated heterocycles. The van der Waals surface area contributed by atoms with Crippen LogP contribution >= 0.6 is 11.6 Å². The fraction of sp³-hybridized carbons (Fsp3) is 0.375. The highest BCUT2D eigenvalue weighted by atomic mass is 35.5. The fourth-order valence-corrected chi connectivity index (χ4v) is 3.76. The van der Waals surface area contributed by atoms with Gasteiger partial charge >= 0.3 is 11.8 Å². The van der Waals surface area contributed by atoms with Gasteiger partial charge in [-0.25, -0.2) is 9.89 Å². The normalized spacial score (nSPS) is 13.8. The number of rotatable bonds is 7. The lowest BCUT2D eigenvalue weighted by molar-refractivity contribution is -0.385. The molecule has 1 aliphatic rings. The number of carbonyl (C=O) groups excluding carboxylic acids is 1. The number of nitrogens with zero attached hydrogens (tertiary/aromatic N) is 5. The number of halogens is 1. The Hall–Kier alpha value is -4.06. The van der Waals surface area contributed by atoms with Gasteiger partial charge in [-0.1, -0.05) is 23.7 Å². The minimum Gasteiger partial charge on any atom is -0.450 e. The van der Waals surface area contributed by atoms with Crippen LogP contribution in [0.5, 0.6) is 11.5 Å². The molecule has 12 nitrogen and oxygen atoms in total. The second-order valence-electron chi connectivity index (χ2n) is 9.41. The van der Waals surface area contributed by atoms with Crippen molar-refractivity contribution < 1.29 is 19.2 Å². The summed E-state index contributed by atoms with van der Waals surface area (Å²) >= 11 is 5.85. The van der Waals surface area contributed by atoms with Crippen LogP contribution in [0.3, 0.4) is 0 Å². The van der Waals surface area contributed by atoms with E-state index in [1.807, 2.05) is 37.8 Å². The first-order valence-corrected chi connectivity index (χ1v) is 12.0. The number of nitrogens with one attached hydrogen (secondary N) is 2. The molecular weight excluding hydrogens is 502 g/mol. The maximum atomic E-state index is 12.2. The lowest BCUT2D eigenvalue weighted by atomic mass is 10.2. The molecule has 0 saturated carbocycles. The minimum atomic E-state index is -0.536. The zero-order valence-electron chi connectivity index (χ0n) is 20.7. The molecule has 0 spiro atoms. The summed E-state index contributed by atoms with van der Waals surface area (Å²) < 4.78 is 11.1. The van der Waals surface area contributed by atoms with Gasteiger partial charge in [-0.05, 0) is 50.6 Å². The molecule has 4 rings (SSSR count). The van der Waals surface area contributed by atoms with E-state index in [-0.39, 0.29) is 22.6 Å². The van der Waals surface area contributed by atoms with Crippen molar-refractivity contribution in [1.82, 2.24) is 20.1 Å². The van der Waals surface area contributed by atoms with Gasteiger partial charge in [0.15, 0.2) is 0 Å². The van der Waals surface area contributed by atoms with Crippen LogP contribution in [-0.2, 0) is 11.3 Å². The second-order valence-corrected chi connectivity index (χ2v) is 9.84. The first-order valence-electron chi connectivity index (χ1n) is 11.7. The first-order chi connectivity index (χ1) is 17.6. The number of aromatic amines is 1. The third kappa shape index (κ3) is 7.00. The number of benzene rings is 2. The molecule has 0 aliphatic carbocycles. The quantitative estimate of drug-likeness (QED) is 0.325. The van der Waals surface area contributed by atoms with Crippen molar-refractivity contribution in [3.8, 4) is 11.5 Å². The zero-order chi connectivity index (χ0) is 26.6. The average Bonchev–Trinajstić information content (AvgIpc) is 3.33. The summed E-state index contributed by atoms with van der Waals surface area (Å²) in [6.07, 6.45) is -0.313. The molecule has 2 aromatic carbocycles. The van der Waals surface area contributed by atoms with Crippen LogP contribution in [0, 0.1) is 10.1 Å². The summed E-state index contributed by atoms with van der Waals surface area (Å²) in [5, 5.41) is 21.9. The van der Waals surface area contributed by atoms with Crippen LogP contribution < -0.4 is 15.0 Å². The van der Waals surface area contributed by atoms with Gasteiger partial charge in [-0.2, -0.15) is 4.98 Å². The number of anilines is 2. The summed E-state index contributed by atoms with van der Waals surface area (Å²) in [5.41, 5.74) is 0.219.